The molecule has 1 saturated heterocycles. The fourth-order valence-electron chi connectivity index (χ4n) is 6.94. The van der Waals surface area contributed by atoms with Crippen molar-refractivity contribution in [2.24, 2.45) is 16.5 Å². The standard InChI is InChI=1S/C32H38FN3O5S2/c1-32(2)15-11-24(12-16-32)42(38,39)25-7-9-27-28-10-8-26(20-30(28)31(35-37)29(27)19-25)43(40,41)36-17-13-23(14-18-36)34-22-5-3-21(33)4-6-22/h3-10,20,23-24,29,34,37H,11-19H2,1-2H3/b35-31+. The Morgan fingerprint density at radius 3 is 2.26 bits per heavy atom. The normalized spacial score (nSPS) is 24.3. The van der Waals surface area contributed by atoms with E-state index in [9.17, 15) is 26.4 Å². The zero-order valence-electron chi connectivity index (χ0n) is 24.5. The van der Waals surface area contributed by atoms with Crippen LogP contribution in [0.25, 0.3) is 5.57 Å². The van der Waals surface area contributed by atoms with Gasteiger partial charge in [0.15, 0.2) is 9.84 Å². The number of hydrogen-bond acceptors (Lipinski definition) is 7. The van der Waals surface area contributed by atoms with E-state index >= 15 is 0 Å². The Hall–Kier alpha value is -3.02. The molecule has 2 fully saturated rings. The quantitative estimate of drug-likeness (QED) is 0.302. The molecule has 230 valence electrons. The molecule has 2 N–H and O–H groups in total. The summed E-state index contributed by atoms with van der Waals surface area (Å²) in [6, 6.07) is 11.0. The maximum Gasteiger partial charge on any atom is 0.243 e. The molecule has 6 rings (SSSR count). The minimum atomic E-state index is -3.82. The lowest BCUT2D eigenvalue weighted by atomic mass is 9.77. The first-order chi connectivity index (χ1) is 20.4. The highest BCUT2D eigenvalue weighted by Crippen LogP contribution is 2.47. The van der Waals surface area contributed by atoms with Crippen LogP contribution in [0.3, 0.4) is 0 Å². The molecule has 0 bridgehead atoms. The second-order valence-corrected chi connectivity index (χ2v) is 17.2. The van der Waals surface area contributed by atoms with Crippen molar-refractivity contribution in [1.82, 2.24) is 4.31 Å². The number of oxime groups is 1. The zero-order chi connectivity index (χ0) is 30.6. The summed E-state index contributed by atoms with van der Waals surface area (Å²) in [6.45, 7) is 5.01. The van der Waals surface area contributed by atoms with Crippen LogP contribution in [0.2, 0.25) is 0 Å². The van der Waals surface area contributed by atoms with E-state index in [1.54, 1.807) is 42.5 Å². The lowest BCUT2D eigenvalue weighted by Crippen LogP contribution is -2.42. The van der Waals surface area contributed by atoms with Gasteiger partial charge in [0.2, 0.25) is 10.0 Å². The number of anilines is 1. The predicted octanol–water partition coefficient (Wildman–Crippen LogP) is 5.95. The molecule has 8 nitrogen and oxygen atoms in total. The summed E-state index contributed by atoms with van der Waals surface area (Å²) in [5, 5.41) is 16.6. The monoisotopic (exact) mass is 627 g/mol. The van der Waals surface area contributed by atoms with Crippen LogP contribution >= 0.6 is 0 Å². The Balaban J connectivity index is 1.18. The maximum absolute atomic E-state index is 13.7. The van der Waals surface area contributed by atoms with Crippen LogP contribution < -0.4 is 5.32 Å². The molecule has 1 unspecified atom stereocenters. The Morgan fingerprint density at radius 2 is 1.60 bits per heavy atom. The van der Waals surface area contributed by atoms with Gasteiger partial charge in [-0.1, -0.05) is 31.1 Å². The topological polar surface area (TPSA) is 116 Å². The third-order valence-corrected chi connectivity index (χ3v) is 13.9. The van der Waals surface area contributed by atoms with E-state index < -0.39 is 31.0 Å². The summed E-state index contributed by atoms with van der Waals surface area (Å²) in [5.41, 5.74) is 3.35. The Kier molecular flexibility index (Phi) is 7.79. The summed E-state index contributed by atoms with van der Waals surface area (Å²) in [7, 11) is -7.33. The van der Waals surface area contributed by atoms with Crippen molar-refractivity contribution in [2.45, 2.75) is 75.0 Å². The fourth-order valence-corrected chi connectivity index (χ4v) is 10.4. The van der Waals surface area contributed by atoms with Gasteiger partial charge >= 0.3 is 0 Å². The molecule has 11 heteroatoms. The van der Waals surface area contributed by atoms with E-state index in [1.807, 2.05) is 0 Å². The van der Waals surface area contributed by atoms with Crippen molar-refractivity contribution in [3.8, 4) is 0 Å². The minimum Gasteiger partial charge on any atom is -0.411 e. The molecule has 2 aromatic carbocycles. The molecule has 1 saturated carbocycles. The van der Waals surface area contributed by atoms with Crippen molar-refractivity contribution < 1.29 is 26.4 Å². The first-order valence-corrected chi connectivity index (χ1v) is 17.9. The van der Waals surface area contributed by atoms with Gasteiger partial charge < -0.3 is 10.5 Å². The van der Waals surface area contributed by atoms with Gasteiger partial charge in [-0.25, -0.2) is 21.2 Å². The van der Waals surface area contributed by atoms with Crippen molar-refractivity contribution in [2.75, 3.05) is 18.4 Å². The van der Waals surface area contributed by atoms with Crippen molar-refractivity contribution in [3.63, 3.8) is 0 Å². The summed E-state index contributed by atoms with van der Waals surface area (Å²) >= 11 is 0. The Morgan fingerprint density at radius 1 is 0.930 bits per heavy atom. The summed E-state index contributed by atoms with van der Waals surface area (Å²) in [4.78, 5) is 0.465. The van der Waals surface area contributed by atoms with Gasteiger partial charge in [0, 0.05) is 41.2 Å². The summed E-state index contributed by atoms with van der Waals surface area (Å²) in [5.74, 6) is -0.767. The number of halogens is 1. The molecule has 0 aromatic heterocycles. The van der Waals surface area contributed by atoms with E-state index in [4.69, 9.17) is 0 Å². The molecule has 0 amide bonds. The molecule has 1 atom stereocenters. The average molecular weight is 628 g/mol. The van der Waals surface area contributed by atoms with Crippen LogP contribution in [0, 0.1) is 17.2 Å². The van der Waals surface area contributed by atoms with Crippen LogP contribution in [0.1, 0.15) is 69.9 Å². The molecule has 1 heterocycles. The molecular weight excluding hydrogens is 590 g/mol. The van der Waals surface area contributed by atoms with Crippen LogP contribution in [-0.2, 0) is 19.9 Å². The van der Waals surface area contributed by atoms with Crippen LogP contribution in [-0.4, -0.2) is 56.4 Å². The second-order valence-electron chi connectivity index (χ2n) is 12.9. The Labute approximate surface area is 253 Å². The van der Waals surface area contributed by atoms with Crippen LogP contribution in [0.15, 0.2) is 69.6 Å². The van der Waals surface area contributed by atoms with Gasteiger partial charge in [-0.2, -0.15) is 4.31 Å². The number of sulfonamides is 1. The number of rotatable bonds is 6. The molecule has 2 aromatic rings. The van der Waals surface area contributed by atoms with Gasteiger partial charge in [-0.15, -0.1) is 0 Å². The third kappa shape index (κ3) is 5.67. The number of nitrogens with zero attached hydrogens (tertiary/aromatic N) is 2. The summed E-state index contributed by atoms with van der Waals surface area (Å²) < 4.78 is 69.2. The Bertz CT molecular complexity index is 1710. The number of sulfone groups is 1. The number of fused-ring (bicyclic) bond motifs is 3. The third-order valence-electron chi connectivity index (χ3n) is 9.64. The zero-order valence-corrected chi connectivity index (χ0v) is 26.1. The first-order valence-electron chi connectivity index (χ1n) is 14.9. The highest BCUT2D eigenvalue weighted by Gasteiger charge is 2.42. The minimum absolute atomic E-state index is 0.0678. The van der Waals surface area contributed by atoms with Crippen LogP contribution in [0.4, 0.5) is 10.1 Å². The molecular formula is C32H38FN3O5S2. The first kappa shape index (κ1) is 30.0. The van der Waals surface area contributed by atoms with Gasteiger partial charge in [0.25, 0.3) is 0 Å². The van der Waals surface area contributed by atoms with Crippen molar-refractivity contribution in [3.05, 3.63) is 76.5 Å². The van der Waals surface area contributed by atoms with E-state index in [-0.39, 0.29) is 28.6 Å². The highest BCUT2D eigenvalue weighted by atomic mass is 32.2. The van der Waals surface area contributed by atoms with Crippen molar-refractivity contribution >= 4 is 36.8 Å². The molecule has 3 aliphatic carbocycles. The lowest BCUT2D eigenvalue weighted by molar-refractivity contribution is 0.246. The second kappa shape index (κ2) is 11.2. The molecule has 0 radical (unpaired) electrons. The van der Waals surface area contributed by atoms with Gasteiger partial charge in [0.1, 0.15) is 5.82 Å². The van der Waals surface area contributed by atoms with E-state index in [2.05, 4.69) is 24.3 Å². The molecule has 4 aliphatic rings. The largest absolute Gasteiger partial charge is 0.411 e. The number of nitrogens with one attached hydrogen (secondary N) is 1. The number of piperidine rings is 1. The molecule has 0 spiro atoms. The molecule has 43 heavy (non-hydrogen) atoms. The van der Waals surface area contributed by atoms with Crippen molar-refractivity contribution in [1.29, 1.82) is 0 Å². The van der Waals surface area contributed by atoms with Gasteiger partial charge in [0.05, 0.1) is 15.9 Å². The lowest BCUT2D eigenvalue weighted by Gasteiger charge is -2.34. The van der Waals surface area contributed by atoms with E-state index in [0.717, 1.165) is 29.7 Å². The predicted molar refractivity (Wildman–Crippen MR) is 166 cm³/mol. The number of hydrogen-bond donors (Lipinski definition) is 2. The van der Waals surface area contributed by atoms with E-state index in [0.29, 0.717) is 55.0 Å². The fraction of sp³-hybridized carbons (Fsp3) is 0.469. The molecule has 1 aliphatic heterocycles. The summed E-state index contributed by atoms with van der Waals surface area (Å²) in [6.07, 6.45) is 7.86. The average Bonchev–Trinajstić information content (AvgIpc) is 3.30. The SMILES string of the molecule is CC1(C)CCC(S(=O)(=O)C2=CC=C3c4ccc(S(=O)(=O)N5CCC(Nc6ccc(F)cc6)CC5)cc4/C(=N/O)C3C2)CC1. The number of allylic oxidation sites excluding steroid dienone is 4. The van der Waals surface area contributed by atoms with E-state index in [1.165, 1.54) is 16.4 Å². The van der Waals surface area contributed by atoms with Gasteiger partial charge in [-0.3, -0.25) is 0 Å². The smallest absolute Gasteiger partial charge is 0.243 e. The maximum atomic E-state index is 13.7. The van der Waals surface area contributed by atoms with Crippen LogP contribution in [0.5, 0.6) is 0 Å². The number of benzene rings is 2. The van der Waals surface area contributed by atoms with Gasteiger partial charge in [-0.05, 0) is 104 Å². The highest BCUT2D eigenvalue weighted by molar-refractivity contribution is 7.95.